The zero-order chi connectivity index (χ0) is 13.5. The summed E-state index contributed by atoms with van der Waals surface area (Å²) in [4.78, 5) is 2.74. The SMILES string of the molecule is CCCc1ccc(C(C)CC(O)C(O)CCC)s1. The molecule has 2 N–H and O–H groups in total. The summed E-state index contributed by atoms with van der Waals surface area (Å²) in [6, 6.07) is 4.36. The Hall–Kier alpha value is -0.380. The van der Waals surface area contributed by atoms with Crippen molar-refractivity contribution in [2.45, 2.75) is 71.0 Å². The van der Waals surface area contributed by atoms with Crippen molar-refractivity contribution < 1.29 is 10.2 Å². The zero-order valence-corrected chi connectivity index (χ0v) is 12.5. The average molecular weight is 270 g/mol. The highest BCUT2D eigenvalue weighted by Crippen LogP contribution is 2.29. The Morgan fingerprint density at radius 3 is 2.44 bits per heavy atom. The van der Waals surface area contributed by atoms with Crippen LogP contribution in [0, 0.1) is 0 Å². The quantitative estimate of drug-likeness (QED) is 0.756. The molecule has 1 aromatic heterocycles. The molecule has 0 amide bonds. The first kappa shape index (κ1) is 15.7. The molecule has 1 rings (SSSR count). The fourth-order valence-corrected chi connectivity index (χ4v) is 3.34. The minimum absolute atomic E-state index is 0.321. The minimum atomic E-state index is -0.600. The third kappa shape index (κ3) is 4.71. The van der Waals surface area contributed by atoms with Crippen molar-refractivity contribution in [3.8, 4) is 0 Å². The lowest BCUT2D eigenvalue weighted by Crippen LogP contribution is -2.26. The van der Waals surface area contributed by atoms with Crippen LogP contribution in [0.5, 0.6) is 0 Å². The molecule has 0 aliphatic carbocycles. The summed E-state index contributed by atoms with van der Waals surface area (Å²) in [5.41, 5.74) is 0. The van der Waals surface area contributed by atoms with Crippen LogP contribution in [-0.2, 0) is 6.42 Å². The van der Waals surface area contributed by atoms with Gasteiger partial charge in [-0.25, -0.2) is 0 Å². The van der Waals surface area contributed by atoms with Crippen LogP contribution in [0.15, 0.2) is 12.1 Å². The first-order valence-electron chi connectivity index (χ1n) is 7.03. The van der Waals surface area contributed by atoms with E-state index in [1.165, 1.54) is 16.2 Å². The van der Waals surface area contributed by atoms with E-state index < -0.39 is 12.2 Å². The second kappa shape index (κ2) is 7.93. The number of thiophene rings is 1. The molecule has 3 atom stereocenters. The van der Waals surface area contributed by atoms with E-state index in [2.05, 4.69) is 26.0 Å². The minimum Gasteiger partial charge on any atom is -0.390 e. The summed E-state index contributed by atoms with van der Waals surface area (Å²) >= 11 is 1.84. The molecule has 3 unspecified atom stereocenters. The summed E-state index contributed by atoms with van der Waals surface area (Å²) in [6.07, 6.45) is 3.37. The lowest BCUT2D eigenvalue weighted by molar-refractivity contribution is 0.00653. The van der Waals surface area contributed by atoms with Crippen molar-refractivity contribution in [2.75, 3.05) is 0 Å². The molecule has 0 bridgehead atoms. The molecule has 3 heteroatoms. The molecule has 2 nitrogen and oxygen atoms in total. The Morgan fingerprint density at radius 1 is 1.11 bits per heavy atom. The third-order valence-electron chi connectivity index (χ3n) is 3.29. The van der Waals surface area contributed by atoms with Crippen LogP contribution in [0.1, 0.15) is 62.1 Å². The highest BCUT2D eigenvalue weighted by Gasteiger charge is 2.20. The Morgan fingerprint density at radius 2 is 1.83 bits per heavy atom. The molecule has 0 spiro atoms. The van der Waals surface area contributed by atoms with Gasteiger partial charge in [-0.15, -0.1) is 11.3 Å². The molecule has 1 aromatic rings. The Kier molecular flexibility index (Phi) is 6.90. The Bertz CT molecular complexity index is 335. The molecule has 0 aromatic carbocycles. The van der Waals surface area contributed by atoms with E-state index >= 15 is 0 Å². The lowest BCUT2D eigenvalue weighted by atomic mass is 9.97. The normalized spacial score (nSPS) is 16.5. The number of aliphatic hydroxyl groups excluding tert-OH is 2. The zero-order valence-electron chi connectivity index (χ0n) is 11.7. The Labute approximate surface area is 115 Å². The van der Waals surface area contributed by atoms with Gasteiger partial charge in [-0.1, -0.05) is 33.6 Å². The number of aliphatic hydroxyl groups is 2. The maximum atomic E-state index is 9.95. The van der Waals surface area contributed by atoms with Gasteiger partial charge in [0, 0.05) is 9.75 Å². The highest BCUT2D eigenvalue weighted by molar-refractivity contribution is 7.12. The van der Waals surface area contributed by atoms with Gasteiger partial charge in [-0.3, -0.25) is 0 Å². The van der Waals surface area contributed by atoms with Crippen molar-refractivity contribution in [3.63, 3.8) is 0 Å². The Balaban J connectivity index is 2.50. The molecular weight excluding hydrogens is 244 g/mol. The molecule has 104 valence electrons. The summed E-state index contributed by atoms with van der Waals surface area (Å²) in [6.45, 7) is 6.34. The number of hydrogen-bond acceptors (Lipinski definition) is 3. The second-order valence-corrected chi connectivity index (χ2v) is 6.31. The molecule has 0 fully saturated rings. The van der Waals surface area contributed by atoms with E-state index in [0.29, 0.717) is 18.8 Å². The fraction of sp³-hybridized carbons (Fsp3) is 0.733. The van der Waals surface area contributed by atoms with E-state index in [1.807, 2.05) is 18.3 Å². The lowest BCUT2D eigenvalue weighted by Gasteiger charge is -2.20. The van der Waals surface area contributed by atoms with Crippen LogP contribution in [-0.4, -0.2) is 22.4 Å². The first-order valence-corrected chi connectivity index (χ1v) is 7.84. The van der Waals surface area contributed by atoms with Gasteiger partial charge in [0.25, 0.3) is 0 Å². The van der Waals surface area contributed by atoms with Crippen molar-refractivity contribution in [2.24, 2.45) is 0 Å². The standard InChI is InChI=1S/C15H26O2S/c1-4-6-12-8-9-15(18-12)11(3)10-14(17)13(16)7-5-2/h8-9,11,13-14,16-17H,4-7,10H2,1-3H3. The third-order valence-corrected chi connectivity index (χ3v) is 4.66. The molecule has 0 saturated carbocycles. The van der Waals surface area contributed by atoms with E-state index in [4.69, 9.17) is 0 Å². The van der Waals surface area contributed by atoms with Gasteiger partial charge in [0.15, 0.2) is 0 Å². The van der Waals surface area contributed by atoms with Crippen LogP contribution in [0.3, 0.4) is 0 Å². The average Bonchev–Trinajstić information content (AvgIpc) is 2.78. The van der Waals surface area contributed by atoms with Crippen LogP contribution in [0.4, 0.5) is 0 Å². The summed E-state index contributed by atoms with van der Waals surface area (Å²) < 4.78 is 0. The van der Waals surface area contributed by atoms with Gasteiger partial charge >= 0.3 is 0 Å². The summed E-state index contributed by atoms with van der Waals surface area (Å²) in [5, 5.41) is 19.7. The molecule has 0 aliphatic rings. The highest BCUT2D eigenvalue weighted by atomic mass is 32.1. The van der Waals surface area contributed by atoms with Crippen LogP contribution in [0.25, 0.3) is 0 Å². The molecule has 18 heavy (non-hydrogen) atoms. The van der Waals surface area contributed by atoms with Crippen LogP contribution in [0.2, 0.25) is 0 Å². The largest absolute Gasteiger partial charge is 0.390 e. The fourth-order valence-electron chi connectivity index (χ4n) is 2.16. The van der Waals surface area contributed by atoms with Crippen molar-refractivity contribution >= 4 is 11.3 Å². The second-order valence-electron chi connectivity index (χ2n) is 5.11. The molecular formula is C15H26O2S. The van der Waals surface area contributed by atoms with E-state index in [1.54, 1.807) is 0 Å². The van der Waals surface area contributed by atoms with Gasteiger partial charge in [0.2, 0.25) is 0 Å². The maximum Gasteiger partial charge on any atom is 0.0805 e. The van der Waals surface area contributed by atoms with Crippen LogP contribution >= 0.6 is 11.3 Å². The smallest absolute Gasteiger partial charge is 0.0805 e. The maximum absolute atomic E-state index is 9.95. The van der Waals surface area contributed by atoms with Gasteiger partial charge in [-0.2, -0.15) is 0 Å². The predicted molar refractivity (Wildman–Crippen MR) is 78.3 cm³/mol. The van der Waals surface area contributed by atoms with Gasteiger partial charge in [0.1, 0.15) is 0 Å². The number of rotatable bonds is 8. The molecule has 0 aliphatic heterocycles. The topological polar surface area (TPSA) is 40.5 Å². The number of hydrogen-bond donors (Lipinski definition) is 2. The van der Waals surface area contributed by atoms with E-state index in [0.717, 1.165) is 12.8 Å². The monoisotopic (exact) mass is 270 g/mol. The van der Waals surface area contributed by atoms with Crippen LogP contribution < -0.4 is 0 Å². The van der Waals surface area contributed by atoms with Gasteiger partial charge in [0.05, 0.1) is 12.2 Å². The van der Waals surface area contributed by atoms with Crippen molar-refractivity contribution in [3.05, 3.63) is 21.9 Å². The molecule has 1 heterocycles. The number of aryl methyl sites for hydroxylation is 1. The van der Waals surface area contributed by atoms with Crippen molar-refractivity contribution in [1.82, 2.24) is 0 Å². The molecule has 0 radical (unpaired) electrons. The van der Waals surface area contributed by atoms with E-state index in [9.17, 15) is 10.2 Å². The summed E-state index contributed by atoms with van der Waals surface area (Å²) in [5.74, 6) is 0.321. The van der Waals surface area contributed by atoms with E-state index in [-0.39, 0.29) is 0 Å². The molecule has 0 saturated heterocycles. The van der Waals surface area contributed by atoms with Gasteiger partial charge in [-0.05, 0) is 37.3 Å². The first-order chi connectivity index (χ1) is 8.58. The van der Waals surface area contributed by atoms with Crippen molar-refractivity contribution in [1.29, 1.82) is 0 Å². The van der Waals surface area contributed by atoms with Gasteiger partial charge < -0.3 is 10.2 Å². The predicted octanol–water partition coefficient (Wildman–Crippen LogP) is 3.72. The summed E-state index contributed by atoms with van der Waals surface area (Å²) in [7, 11) is 0.